The van der Waals surface area contributed by atoms with Crippen LogP contribution < -0.4 is 9.80 Å². The Hall–Kier alpha value is -3.42. The zero-order valence-corrected chi connectivity index (χ0v) is 17.6. The number of anilines is 2. The summed E-state index contributed by atoms with van der Waals surface area (Å²) in [7, 11) is 0. The number of hydrogen-bond donors (Lipinski definition) is 0. The van der Waals surface area contributed by atoms with E-state index in [-0.39, 0.29) is 23.2 Å². The van der Waals surface area contributed by atoms with E-state index < -0.39 is 17.0 Å². The van der Waals surface area contributed by atoms with Gasteiger partial charge in [0.25, 0.3) is 11.6 Å². The lowest BCUT2D eigenvalue weighted by atomic mass is 10.1. The molecule has 0 unspecified atom stereocenters. The Balaban J connectivity index is 1.51. The number of amides is 1. The first-order chi connectivity index (χ1) is 14.9. The summed E-state index contributed by atoms with van der Waals surface area (Å²) in [6, 6.07) is 12.0. The third-order valence-corrected chi connectivity index (χ3v) is 5.93. The monoisotopic (exact) mass is 423 g/mol. The van der Waals surface area contributed by atoms with E-state index in [9.17, 15) is 19.7 Å². The van der Waals surface area contributed by atoms with Crippen LogP contribution in [0.1, 0.15) is 42.6 Å². The van der Waals surface area contributed by atoms with Gasteiger partial charge in [-0.15, -0.1) is 0 Å². The number of fused-ring (bicyclic) bond motifs is 1. The summed E-state index contributed by atoms with van der Waals surface area (Å²) in [6.45, 7) is 4.99. The number of nitro groups is 1. The van der Waals surface area contributed by atoms with Gasteiger partial charge in [0.05, 0.1) is 10.5 Å². The van der Waals surface area contributed by atoms with Crippen molar-refractivity contribution in [2.75, 3.05) is 22.9 Å². The van der Waals surface area contributed by atoms with Crippen LogP contribution in [-0.4, -0.2) is 42.0 Å². The van der Waals surface area contributed by atoms with Gasteiger partial charge in [-0.3, -0.25) is 14.9 Å². The topological polar surface area (TPSA) is 93.0 Å². The largest absolute Gasteiger partial charge is 0.449 e. The van der Waals surface area contributed by atoms with Crippen molar-refractivity contribution in [1.82, 2.24) is 0 Å². The Morgan fingerprint density at radius 2 is 1.84 bits per heavy atom. The van der Waals surface area contributed by atoms with Crippen molar-refractivity contribution in [1.29, 1.82) is 0 Å². The minimum absolute atomic E-state index is 0.0353. The van der Waals surface area contributed by atoms with Crippen molar-refractivity contribution in [3.05, 3.63) is 63.7 Å². The fourth-order valence-electron chi connectivity index (χ4n) is 4.40. The molecule has 2 aliphatic heterocycles. The third-order valence-electron chi connectivity index (χ3n) is 5.93. The van der Waals surface area contributed by atoms with Crippen molar-refractivity contribution < 1.29 is 19.2 Å². The molecule has 2 heterocycles. The molecule has 0 spiro atoms. The molecule has 8 heteroatoms. The first-order valence-corrected chi connectivity index (χ1v) is 10.5. The number of carbonyl (C=O) groups is 2. The normalized spacial score (nSPS) is 18.6. The molecule has 0 aromatic heterocycles. The van der Waals surface area contributed by atoms with E-state index in [4.69, 9.17) is 4.74 Å². The van der Waals surface area contributed by atoms with E-state index in [1.165, 1.54) is 19.1 Å². The second kappa shape index (κ2) is 8.37. The molecule has 2 aliphatic rings. The quantitative estimate of drug-likeness (QED) is 0.413. The van der Waals surface area contributed by atoms with E-state index in [1.54, 1.807) is 11.0 Å². The molecule has 8 nitrogen and oxygen atoms in total. The molecule has 4 rings (SSSR count). The molecule has 1 saturated heterocycles. The summed E-state index contributed by atoms with van der Waals surface area (Å²) in [5, 5.41) is 11.6. The number of esters is 1. The van der Waals surface area contributed by atoms with E-state index in [0.29, 0.717) is 5.69 Å². The zero-order valence-electron chi connectivity index (χ0n) is 17.6. The number of nitrogens with zero attached hydrogens (tertiary/aromatic N) is 3. The Labute approximate surface area is 180 Å². The van der Waals surface area contributed by atoms with Crippen molar-refractivity contribution in [2.45, 2.75) is 45.3 Å². The molecule has 2 aromatic carbocycles. The van der Waals surface area contributed by atoms with Gasteiger partial charge in [-0.2, -0.15) is 0 Å². The molecular weight excluding hydrogens is 398 g/mol. The molecule has 0 aliphatic carbocycles. The molecule has 1 fully saturated rings. The van der Waals surface area contributed by atoms with Gasteiger partial charge in [0.1, 0.15) is 5.69 Å². The molecule has 0 bridgehead atoms. The predicted octanol–water partition coefficient (Wildman–Crippen LogP) is 3.72. The Morgan fingerprint density at radius 1 is 1.13 bits per heavy atom. The fraction of sp³-hybridized carbons (Fsp3) is 0.391. The average molecular weight is 423 g/mol. The minimum Gasteiger partial charge on any atom is -0.449 e. The summed E-state index contributed by atoms with van der Waals surface area (Å²) >= 11 is 0. The van der Waals surface area contributed by atoms with Crippen LogP contribution in [-0.2, 0) is 16.0 Å². The van der Waals surface area contributed by atoms with Gasteiger partial charge in [0, 0.05) is 30.9 Å². The fourth-order valence-corrected chi connectivity index (χ4v) is 4.40. The molecular formula is C23H25N3O5. The van der Waals surface area contributed by atoms with Crippen molar-refractivity contribution in [2.24, 2.45) is 0 Å². The lowest BCUT2D eigenvalue weighted by molar-refractivity contribution is -0.384. The van der Waals surface area contributed by atoms with Gasteiger partial charge in [-0.05, 0) is 56.9 Å². The van der Waals surface area contributed by atoms with Crippen molar-refractivity contribution in [3.63, 3.8) is 0 Å². The molecule has 1 amide bonds. The summed E-state index contributed by atoms with van der Waals surface area (Å²) < 4.78 is 5.41. The minimum atomic E-state index is -1.02. The lowest BCUT2D eigenvalue weighted by Gasteiger charge is -2.26. The molecule has 31 heavy (non-hydrogen) atoms. The third kappa shape index (κ3) is 3.97. The highest BCUT2D eigenvalue weighted by Crippen LogP contribution is 2.34. The summed E-state index contributed by atoms with van der Waals surface area (Å²) in [4.78, 5) is 40.4. The van der Waals surface area contributed by atoms with Crippen molar-refractivity contribution >= 4 is 28.9 Å². The van der Waals surface area contributed by atoms with Gasteiger partial charge in [0.2, 0.25) is 0 Å². The zero-order chi connectivity index (χ0) is 22.1. The van der Waals surface area contributed by atoms with Crippen LogP contribution in [0.3, 0.4) is 0 Å². The van der Waals surface area contributed by atoms with Gasteiger partial charge in [-0.1, -0.05) is 18.2 Å². The number of nitro benzene ring substituents is 1. The van der Waals surface area contributed by atoms with Gasteiger partial charge in [0.15, 0.2) is 6.10 Å². The Morgan fingerprint density at radius 3 is 2.55 bits per heavy atom. The van der Waals surface area contributed by atoms with E-state index in [2.05, 4.69) is 0 Å². The SMILES string of the molecule is C[C@H](OC(=O)c1ccc(N2CCCC2)c([N+](=O)[O-])c1)C(=O)N1c2ccccc2C[C@@H]1C. The van der Waals surface area contributed by atoms with Crippen LogP contribution in [0.5, 0.6) is 0 Å². The van der Waals surface area contributed by atoms with E-state index >= 15 is 0 Å². The Bertz CT molecular complexity index is 1030. The van der Waals surface area contributed by atoms with E-state index in [1.807, 2.05) is 36.1 Å². The second-order valence-corrected chi connectivity index (χ2v) is 8.09. The second-order valence-electron chi connectivity index (χ2n) is 8.09. The smallest absolute Gasteiger partial charge is 0.339 e. The van der Waals surface area contributed by atoms with Gasteiger partial charge >= 0.3 is 5.97 Å². The predicted molar refractivity (Wildman–Crippen MR) is 117 cm³/mol. The van der Waals surface area contributed by atoms with E-state index in [0.717, 1.165) is 43.6 Å². The van der Waals surface area contributed by atoms with Gasteiger partial charge in [-0.25, -0.2) is 4.79 Å². The highest BCUT2D eigenvalue weighted by Gasteiger charge is 2.35. The van der Waals surface area contributed by atoms with Crippen LogP contribution in [0.15, 0.2) is 42.5 Å². The number of benzene rings is 2. The maximum atomic E-state index is 13.0. The summed E-state index contributed by atoms with van der Waals surface area (Å²) in [5.41, 5.74) is 2.34. The summed E-state index contributed by atoms with van der Waals surface area (Å²) in [6.07, 6.45) is 1.70. The standard InChI is InChI=1S/C23H25N3O5/c1-15-13-17-7-3-4-8-19(17)25(15)22(27)16(2)31-23(28)18-9-10-20(21(14-18)26(29)30)24-11-5-6-12-24/h3-4,7-10,14-16H,5-6,11-13H2,1-2H3/t15-,16-/m0/s1. The first-order valence-electron chi connectivity index (χ1n) is 10.5. The lowest BCUT2D eigenvalue weighted by Crippen LogP contribution is -2.43. The molecule has 2 atom stereocenters. The highest BCUT2D eigenvalue weighted by molar-refractivity contribution is 6.01. The van der Waals surface area contributed by atoms with Crippen LogP contribution >= 0.6 is 0 Å². The van der Waals surface area contributed by atoms with Crippen molar-refractivity contribution in [3.8, 4) is 0 Å². The number of carbonyl (C=O) groups excluding carboxylic acids is 2. The van der Waals surface area contributed by atoms with Crippen LogP contribution in [0.2, 0.25) is 0 Å². The number of hydrogen-bond acceptors (Lipinski definition) is 6. The molecule has 162 valence electrons. The first kappa shape index (κ1) is 20.8. The number of ether oxygens (including phenoxy) is 1. The highest BCUT2D eigenvalue weighted by atomic mass is 16.6. The van der Waals surface area contributed by atoms with Gasteiger partial charge < -0.3 is 14.5 Å². The van der Waals surface area contributed by atoms with Crippen LogP contribution in [0.25, 0.3) is 0 Å². The van der Waals surface area contributed by atoms with Crippen LogP contribution in [0.4, 0.5) is 17.1 Å². The molecule has 0 N–H and O–H groups in total. The number of rotatable bonds is 5. The summed E-state index contributed by atoms with van der Waals surface area (Å²) in [5.74, 6) is -1.06. The maximum Gasteiger partial charge on any atom is 0.339 e. The molecule has 2 aromatic rings. The average Bonchev–Trinajstić information content (AvgIpc) is 3.39. The molecule has 0 radical (unpaired) electrons. The Kier molecular flexibility index (Phi) is 5.63. The van der Waals surface area contributed by atoms with Crippen LogP contribution in [0, 0.1) is 10.1 Å². The molecule has 0 saturated carbocycles. The number of para-hydroxylation sites is 1. The maximum absolute atomic E-state index is 13.0.